The molecule has 2 nitrogen and oxygen atoms in total. The van der Waals surface area contributed by atoms with E-state index in [1.807, 2.05) is 18.2 Å². The van der Waals surface area contributed by atoms with Crippen LogP contribution in [0, 0.1) is 0 Å². The summed E-state index contributed by atoms with van der Waals surface area (Å²) < 4.78 is 0. The number of rotatable bonds is 7. The lowest BCUT2D eigenvalue weighted by Crippen LogP contribution is -1.96. The van der Waals surface area contributed by atoms with Crippen LogP contribution in [0.2, 0.25) is 0 Å². The molecule has 0 aliphatic heterocycles. The minimum atomic E-state index is 0.705. The number of aromatic nitrogens is 2. The van der Waals surface area contributed by atoms with Gasteiger partial charge in [-0.25, -0.2) is 9.97 Å². The van der Waals surface area contributed by atoms with Crippen molar-refractivity contribution in [1.29, 1.82) is 0 Å². The lowest BCUT2D eigenvalue weighted by Gasteiger charge is -2.14. The summed E-state index contributed by atoms with van der Waals surface area (Å²) in [5, 5.41) is 10.1. The van der Waals surface area contributed by atoms with E-state index >= 15 is 0 Å². The SMILES string of the molecule is c1ccc(-c2nc(-c3ccc(-c4ccc(-c5ccc(-c6c7ccccc7cc7c6ccc6ccccc67)cc5)cc4)cc3)cc(-c3cccc(-c4ccc5ccccc5c4)c3)n2)cc1. The fraction of sp³-hybridized carbons (Fsp3) is 0. The number of hydrogen-bond acceptors (Lipinski definition) is 2. The van der Waals surface area contributed by atoms with E-state index in [9.17, 15) is 0 Å². The summed E-state index contributed by atoms with van der Waals surface area (Å²) in [5.41, 5.74) is 14.4. The summed E-state index contributed by atoms with van der Waals surface area (Å²) in [6.45, 7) is 0. The van der Waals surface area contributed by atoms with Crippen LogP contribution in [-0.2, 0) is 0 Å². The molecular formula is C62H40N2. The standard InChI is InChI=1S/C62H40N2/c1-2-13-49(14-3-1)62-63-59(40-60(64-62)54-18-10-17-51(38-54)52-34-29-41-11-4-5-15-50(41)37-52)47-30-25-44(26-31-47)42-21-23-43(24-22-42)45-27-32-48(33-28-45)61-56-20-9-7-16-53(56)39-58-55-19-8-6-12-46(55)35-36-57(58)61/h1-40H. The molecule has 0 fully saturated rings. The average molecular weight is 813 g/mol. The Kier molecular flexibility index (Phi) is 9.20. The van der Waals surface area contributed by atoms with Gasteiger partial charge in [-0.3, -0.25) is 0 Å². The monoisotopic (exact) mass is 812 g/mol. The molecule has 0 saturated heterocycles. The molecule has 0 spiro atoms. The van der Waals surface area contributed by atoms with E-state index in [0.29, 0.717) is 5.82 Å². The number of hydrogen-bond donors (Lipinski definition) is 0. The highest BCUT2D eigenvalue weighted by Crippen LogP contribution is 2.40. The fourth-order valence-corrected chi connectivity index (χ4v) is 9.34. The van der Waals surface area contributed by atoms with E-state index in [-0.39, 0.29) is 0 Å². The van der Waals surface area contributed by atoms with Crippen molar-refractivity contribution in [3.63, 3.8) is 0 Å². The van der Waals surface area contributed by atoms with Gasteiger partial charge in [0.1, 0.15) is 0 Å². The minimum Gasteiger partial charge on any atom is -0.228 e. The van der Waals surface area contributed by atoms with Crippen molar-refractivity contribution in [2.45, 2.75) is 0 Å². The van der Waals surface area contributed by atoms with Crippen LogP contribution in [0.5, 0.6) is 0 Å². The molecule has 0 aliphatic carbocycles. The van der Waals surface area contributed by atoms with Crippen LogP contribution in [0.15, 0.2) is 243 Å². The van der Waals surface area contributed by atoms with Crippen molar-refractivity contribution < 1.29 is 0 Å². The summed E-state index contributed by atoms with van der Waals surface area (Å²) in [6.07, 6.45) is 0. The Hall–Kier alpha value is -8.46. The Morgan fingerprint density at radius 1 is 0.203 bits per heavy atom. The van der Waals surface area contributed by atoms with Crippen molar-refractivity contribution in [1.82, 2.24) is 9.97 Å². The van der Waals surface area contributed by atoms with Gasteiger partial charge in [-0.2, -0.15) is 0 Å². The maximum Gasteiger partial charge on any atom is 0.160 e. The van der Waals surface area contributed by atoms with Gasteiger partial charge >= 0.3 is 0 Å². The summed E-state index contributed by atoms with van der Waals surface area (Å²) in [5.74, 6) is 0.705. The zero-order chi connectivity index (χ0) is 42.4. The molecule has 11 aromatic carbocycles. The summed E-state index contributed by atoms with van der Waals surface area (Å²) in [7, 11) is 0. The number of benzene rings is 11. The van der Waals surface area contributed by atoms with Gasteiger partial charge in [0, 0.05) is 16.7 Å². The van der Waals surface area contributed by atoms with Crippen LogP contribution in [0.25, 0.3) is 122 Å². The van der Waals surface area contributed by atoms with Crippen LogP contribution >= 0.6 is 0 Å². The van der Waals surface area contributed by atoms with E-state index in [1.165, 1.54) is 76.5 Å². The van der Waals surface area contributed by atoms with Crippen molar-refractivity contribution >= 4 is 43.1 Å². The van der Waals surface area contributed by atoms with Gasteiger partial charge < -0.3 is 0 Å². The average Bonchev–Trinajstić information content (AvgIpc) is 3.38. The molecule has 1 aromatic heterocycles. The van der Waals surface area contributed by atoms with Crippen molar-refractivity contribution in [3.05, 3.63) is 243 Å². The molecule has 0 amide bonds. The van der Waals surface area contributed by atoms with Gasteiger partial charge in [-0.15, -0.1) is 0 Å². The molecule has 0 atom stereocenters. The molecule has 0 unspecified atom stereocenters. The normalized spacial score (nSPS) is 11.4. The van der Waals surface area contributed by atoms with Gasteiger partial charge in [0.05, 0.1) is 11.4 Å². The van der Waals surface area contributed by atoms with Crippen LogP contribution in [0.1, 0.15) is 0 Å². The predicted molar refractivity (Wildman–Crippen MR) is 270 cm³/mol. The van der Waals surface area contributed by atoms with Crippen molar-refractivity contribution in [2.75, 3.05) is 0 Å². The van der Waals surface area contributed by atoms with E-state index in [4.69, 9.17) is 9.97 Å². The fourth-order valence-electron chi connectivity index (χ4n) is 9.34. The quantitative estimate of drug-likeness (QED) is 0.118. The largest absolute Gasteiger partial charge is 0.228 e. The van der Waals surface area contributed by atoms with Gasteiger partial charge in [0.15, 0.2) is 5.82 Å². The van der Waals surface area contributed by atoms with E-state index < -0.39 is 0 Å². The first-order chi connectivity index (χ1) is 31.7. The molecule has 298 valence electrons. The molecule has 64 heavy (non-hydrogen) atoms. The Morgan fingerprint density at radius 2 is 0.688 bits per heavy atom. The second-order valence-electron chi connectivity index (χ2n) is 16.6. The number of nitrogens with zero attached hydrogens (tertiary/aromatic N) is 2. The summed E-state index contributed by atoms with van der Waals surface area (Å²) in [6, 6.07) is 87.2. The Labute approximate surface area is 372 Å². The van der Waals surface area contributed by atoms with E-state index in [0.717, 1.165) is 39.2 Å². The second kappa shape index (κ2) is 15.8. The molecule has 1 heterocycles. The third kappa shape index (κ3) is 6.88. The van der Waals surface area contributed by atoms with Gasteiger partial charge in [0.25, 0.3) is 0 Å². The topological polar surface area (TPSA) is 25.8 Å². The number of fused-ring (bicyclic) bond motifs is 5. The third-order valence-corrected chi connectivity index (χ3v) is 12.7. The second-order valence-corrected chi connectivity index (χ2v) is 16.6. The first kappa shape index (κ1) is 37.3. The zero-order valence-corrected chi connectivity index (χ0v) is 35.0. The highest BCUT2D eigenvalue weighted by molar-refractivity contribution is 6.20. The summed E-state index contributed by atoms with van der Waals surface area (Å²) >= 11 is 0. The van der Waals surface area contributed by atoms with Crippen LogP contribution < -0.4 is 0 Å². The van der Waals surface area contributed by atoms with E-state index in [1.54, 1.807) is 0 Å². The van der Waals surface area contributed by atoms with Gasteiger partial charge in [-0.1, -0.05) is 218 Å². The molecule has 0 N–H and O–H groups in total. The molecule has 0 radical (unpaired) electrons. The highest BCUT2D eigenvalue weighted by atomic mass is 14.9. The zero-order valence-electron chi connectivity index (χ0n) is 35.0. The predicted octanol–water partition coefficient (Wildman–Crippen LogP) is 16.8. The van der Waals surface area contributed by atoms with Gasteiger partial charge in [-0.05, 0) is 112 Å². The molecule has 0 bridgehead atoms. The lowest BCUT2D eigenvalue weighted by molar-refractivity contribution is 1.18. The molecule has 12 rings (SSSR count). The Morgan fingerprint density at radius 3 is 1.39 bits per heavy atom. The van der Waals surface area contributed by atoms with Crippen LogP contribution in [0.4, 0.5) is 0 Å². The molecule has 0 saturated carbocycles. The van der Waals surface area contributed by atoms with Crippen molar-refractivity contribution in [3.8, 4) is 78.4 Å². The Balaban J connectivity index is 0.837. The molecule has 12 aromatic rings. The minimum absolute atomic E-state index is 0.705. The van der Waals surface area contributed by atoms with Crippen LogP contribution in [0.3, 0.4) is 0 Å². The highest BCUT2D eigenvalue weighted by Gasteiger charge is 2.15. The maximum atomic E-state index is 5.13. The molecule has 2 heteroatoms. The van der Waals surface area contributed by atoms with Crippen molar-refractivity contribution in [2.24, 2.45) is 0 Å². The third-order valence-electron chi connectivity index (χ3n) is 12.7. The van der Waals surface area contributed by atoms with E-state index in [2.05, 4.69) is 224 Å². The molecule has 0 aliphatic rings. The first-order valence-electron chi connectivity index (χ1n) is 21.9. The first-order valence-corrected chi connectivity index (χ1v) is 21.9. The Bertz CT molecular complexity index is 3680. The smallest absolute Gasteiger partial charge is 0.160 e. The summed E-state index contributed by atoms with van der Waals surface area (Å²) in [4.78, 5) is 10.2. The maximum absolute atomic E-state index is 5.13. The van der Waals surface area contributed by atoms with Gasteiger partial charge in [0.2, 0.25) is 0 Å². The molecular weight excluding hydrogens is 773 g/mol. The van der Waals surface area contributed by atoms with Crippen LogP contribution in [-0.4, -0.2) is 9.97 Å². The lowest BCUT2D eigenvalue weighted by atomic mass is 9.89.